The molecule has 5 rings (SSSR count). The van der Waals surface area contributed by atoms with Gasteiger partial charge >= 0.3 is 0 Å². The lowest BCUT2D eigenvalue weighted by atomic mass is 9.89. The van der Waals surface area contributed by atoms with Crippen molar-refractivity contribution in [1.29, 1.82) is 5.26 Å². The van der Waals surface area contributed by atoms with E-state index in [1.54, 1.807) is 31.9 Å². The molecule has 2 aromatic carbocycles. The number of methoxy groups -OCH3 is 2. The zero-order chi connectivity index (χ0) is 36.5. The number of pyridine rings is 1. The molecule has 9 nitrogen and oxygen atoms in total. The summed E-state index contributed by atoms with van der Waals surface area (Å²) in [6.07, 6.45) is 6.47. The van der Waals surface area contributed by atoms with Crippen LogP contribution >= 0.6 is 0 Å². The second-order valence-corrected chi connectivity index (χ2v) is 15.0. The summed E-state index contributed by atoms with van der Waals surface area (Å²) >= 11 is 0. The second-order valence-electron chi connectivity index (χ2n) is 15.0. The van der Waals surface area contributed by atoms with Crippen molar-refractivity contribution in [1.82, 2.24) is 14.4 Å². The van der Waals surface area contributed by atoms with Gasteiger partial charge in [0.2, 0.25) is 0 Å². The first-order chi connectivity index (χ1) is 23.7. The van der Waals surface area contributed by atoms with Crippen molar-refractivity contribution in [3.63, 3.8) is 0 Å². The fourth-order valence-electron chi connectivity index (χ4n) is 7.64. The molecule has 1 saturated heterocycles. The number of amides is 1. The summed E-state index contributed by atoms with van der Waals surface area (Å²) < 4.78 is 13.5. The Hall–Kier alpha value is -4.55. The Bertz CT molecular complexity index is 1860. The number of fused-ring (bicyclic) bond motifs is 1. The maximum Gasteiger partial charge on any atom is 0.264 e. The summed E-state index contributed by atoms with van der Waals surface area (Å²) in [5, 5.41) is 9.77. The molecular formula is C41H53N5O4. The number of carbonyl (C=O) groups is 1. The largest absolute Gasteiger partial charge is 0.496 e. The predicted octanol–water partition coefficient (Wildman–Crippen LogP) is 6.73. The summed E-state index contributed by atoms with van der Waals surface area (Å²) in [4.78, 5) is 32.7. The fraction of sp³-hybridized carbons (Fsp3) is 0.488. The first-order valence-electron chi connectivity index (χ1n) is 17.6. The number of rotatable bonds is 8. The number of benzene rings is 2. The normalized spacial score (nSPS) is 17.1. The summed E-state index contributed by atoms with van der Waals surface area (Å²) in [6, 6.07) is 13.0. The van der Waals surface area contributed by atoms with Gasteiger partial charge in [0.1, 0.15) is 23.1 Å². The molecule has 50 heavy (non-hydrogen) atoms. The lowest BCUT2D eigenvalue weighted by Crippen LogP contribution is -2.44. The van der Waals surface area contributed by atoms with Gasteiger partial charge in [-0.3, -0.25) is 14.5 Å². The molecule has 0 aliphatic carbocycles. The summed E-state index contributed by atoms with van der Waals surface area (Å²) in [6.45, 7) is 15.1. The molecule has 1 aromatic heterocycles. The van der Waals surface area contributed by atoms with Gasteiger partial charge in [0.05, 0.1) is 25.8 Å². The molecule has 0 N–H and O–H groups in total. The molecule has 3 heterocycles. The highest BCUT2D eigenvalue weighted by Gasteiger charge is 2.33. The van der Waals surface area contributed by atoms with Crippen LogP contribution in [-0.4, -0.2) is 67.2 Å². The highest BCUT2D eigenvalue weighted by molar-refractivity contribution is 5.97. The Morgan fingerprint density at radius 2 is 1.70 bits per heavy atom. The second kappa shape index (κ2) is 14.7. The number of ether oxygens (including phenoxy) is 2. The first kappa shape index (κ1) is 36.7. The first-order valence-corrected chi connectivity index (χ1v) is 17.6. The number of nitriles is 1. The van der Waals surface area contributed by atoms with Gasteiger partial charge in [-0.15, -0.1) is 0 Å². The standard InChI is InChI=1S/C41H53N5O4/c1-26-27(2)39(47)44(8)24-34(26)29-20-37(49-9)35(38(21-29)50-10)25-43(7)31-14-17-45(18-15-31)36-13-11-12-32-28(3)46(19-16-33(32)36)40(48)30(23-42)22-41(4,5)6/h11-13,20-22,24,28,31H,14-19,25H2,1-10H3. The zero-order valence-electron chi connectivity index (χ0n) is 31.5. The number of hydrogen-bond donors (Lipinski definition) is 0. The minimum absolute atomic E-state index is 0.00847. The molecule has 0 radical (unpaired) electrons. The molecule has 266 valence electrons. The molecule has 1 unspecified atom stereocenters. The zero-order valence-corrected chi connectivity index (χ0v) is 31.5. The Labute approximate surface area is 297 Å². The van der Waals surface area contributed by atoms with Gasteiger partial charge in [0.25, 0.3) is 11.5 Å². The van der Waals surface area contributed by atoms with E-state index in [0.717, 1.165) is 71.7 Å². The van der Waals surface area contributed by atoms with E-state index in [2.05, 4.69) is 60.2 Å². The minimum Gasteiger partial charge on any atom is -0.496 e. The van der Waals surface area contributed by atoms with Crippen molar-refractivity contribution < 1.29 is 14.3 Å². The molecule has 9 heteroatoms. The van der Waals surface area contributed by atoms with Crippen LogP contribution in [0.1, 0.15) is 74.4 Å². The molecule has 2 aliphatic heterocycles. The van der Waals surface area contributed by atoms with Crippen molar-refractivity contribution in [2.24, 2.45) is 12.5 Å². The number of hydrogen-bond acceptors (Lipinski definition) is 7. The van der Waals surface area contributed by atoms with Crippen LogP contribution in [0.4, 0.5) is 5.69 Å². The van der Waals surface area contributed by atoms with Crippen LogP contribution in [-0.2, 0) is 24.8 Å². The van der Waals surface area contributed by atoms with E-state index in [9.17, 15) is 14.9 Å². The minimum atomic E-state index is -0.252. The van der Waals surface area contributed by atoms with Gasteiger partial charge in [-0.1, -0.05) is 39.0 Å². The SMILES string of the molecule is COc1cc(-c2cn(C)c(=O)c(C)c2C)cc(OC)c1CN(C)C1CCN(c2cccc3c2CCN(C(=O)C(C#N)=CC(C)(C)C)C3C)CC1. The van der Waals surface area contributed by atoms with Gasteiger partial charge in [-0.25, -0.2) is 0 Å². The Kier molecular flexibility index (Phi) is 10.8. The van der Waals surface area contributed by atoms with E-state index in [1.807, 2.05) is 45.7 Å². The van der Waals surface area contributed by atoms with Crippen LogP contribution in [0.5, 0.6) is 11.5 Å². The Morgan fingerprint density at radius 1 is 1.06 bits per heavy atom. The molecular weight excluding hydrogens is 626 g/mol. The molecule has 1 amide bonds. The highest BCUT2D eigenvalue weighted by Crippen LogP contribution is 2.39. The summed E-state index contributed by atoms with van der Waals surface area (Å²) in [7, 11) is 7.35. The van der Waals surface area contributed by atoms with E-state index in [-0.39, 0.29) is 28.5 Å². The molecule has 1 atom stereocenters. The molecule has 2 aliphatic rings. The number of aromatic nitrogens is 1. The van der Waals surface area contributed by atoms with Crippen LogP contribution in [0.15, 0.2) is 53.0 Å². The average molecular weight is 680 g/mol. The van der Waals surface area contributed by atoms with Gasteiger partial charge < -0.3 is 23.8 Å². The number of piperidine rings is 1. The molecule has 0 spiro atoms. The number of carbonyl (C=O) groups excluding carboxylic acids is 1. The van der Waals surface area contributed by atoms with E-state index < -0.39 is 0 Å². The smallest absolute Gasteiger partial charge is 0.264 e. The summed E-state index contributed by atoms with van der Waals surface area (Å²) in [5.41, 5.74) is 8.34. The topological polar surface area (TPSA) is 91.0 Å². The molecule has 0 saturated carbocycles. The fourth-order valence-corrected chi connectivity index (χ4v) is 7.64. The van der Waals surface area contributed by atoms with Gasteiger partial charge in [0.15, 0.2) is 0 Å². The third-order valence-electron chi connectivity index (χ3n) is 10.6. The molecule has 1 fully saturated rings. The Balaban J connectivity index is 1.30. The average Bonchev–Trinajstić information content (AvgIpc) is 3.10. The summed E-state index contributed by atoms with van der Waals surface area (Å²) in [5.74, 6) is 1.35. The molecule has 3 aromatic rings. The van der Waals surface area contributed by atoms with Crippen LogP contribution in [0.3, 0.4) is 0 Å². The monoisotopic (exact) mass is 679 g/mol. The van der Waals surface area contributed by atoms with Gasteiger partial charge in [-0.05, 0) is 92.9 Å². The third-order valence-corrected chi connectivity index (χ3v) is 10.6. The lowest BCUT2D eigenvalue weighted by Gasteiger charge is -2.41. The van der Waals surface area contributed by atoms with Crippen LogP contribution < -0.4 is 19.9 Å². The molecule has 0 bridgehead atoms. The van der Waals surface area contributed by atoms with Gasteiger partial charge in [0, 0.05) is 62.3 Å². The van der Waals surface area contributed by atoms with Crippen molar-refractivity contribution in [2.75, 3.05) is 45.8 Å². The third kappa shape index (κ3) is 7.32. The Morgan fingerprint density at radius 3 is 2.28 bits per heavy atom. The predicted molar refractivity (Wildman–Crippen MR) is 200 cm³/mol. The van der Waals surface area contributed by atoms with E-state index >= 15 is 0 Å². The van der Waals surface area contributed by atoms with Crippen molar-refractivity contribution in [2.45, 2.75) is 79.4 Å². The number of nitrogens with zero attached hydrogens (tertiary/aromatic N) is 5. The number of allylic oxidation sites excluding steroid dienone is 1. The van der Waals surface area contributed by atoms with E-state index in [4.69, 9.17) is 9.47 Å². The van der Waals surface area contributed by atoms with Crippen LogP contribution in [0.2, 0.25) is 0 Å². The van der Waals surface area contributed by atoms with E-state index in [1.165, 1.54) is 16.8 Å². The quantitative estimate of drug-likeness (QED) is 0.193. The maximum atomic E-state index is 13.4. The van der Waals surface area contributed by atoms with Crippen molar-refractivity contribution >= 4 is 11.6 Å². The number of aryl methyl sites for hydroxylation is 1. The van der Waals surface area contributed by atoms with Gasteiger partial charge in [-0.2, -0.15) is 5.26 Å². The van der Waals surface area contributed by atoms with E-state index in [0.29, 0.717) is 19.1 Å². The van der Waals surface area contributed by atoms with Crippen molar-refractivity contribution in [3.05, 3.63) is 86.3 Å². The number of anilines is 1. The van der Waals surface area contributed by atoms with Crippen LogP contribution in [0.25, 0.3) is 11.1 Å². The highest BCUT2D eigenvalue weighted by atomic mass is 16.5. The van der Waals surface area contributed by atoms with Crippen LogP contribution in [0, 0.1) is 30.6 Å². The maximum absolute atomic E-state index is 13.4. The lowest BCUT2D eigenvalue weighted by molar-refractivity contribution is -0.129. The van der Waals surface area contributed by atoms with Crippen molar-refractivity contribution in [3.8, 4) is 28.7 Å².